The third kappa shape index (κ3) is 2.93. The molecule has 0 aromatic heterocycles. The summed E-state index contributed by atoms with van der Waals surface area (Å²) in [5.41, 5.74) is 4.31. The second kappa shape index (κ2) is 5.56. The molecule has 2 atom stereocenters. The largest absolute Gasteiger partial charge is 0.0811 e. The zero-order valence-corrected chi connectivity index (χ0v) is 12.0. The molecule has 96 valence electrons. The van der Waals surface area contributed by atoms with Gasteiger partial charge in [-0.1, -0.05) is 70.2 Å². The first-order valence-electron chi connectivity index (χ1n) is 7.06. The number of allylic oxidation sites excluding steroid dienone is 4. The zero-order valence-electron chi connectivity index (χ0n) is 12.0. The van der Waals surface area contributed by atoms with Crippen LogP contribution in [-0.2, 0) is 0 Å². The molecule has 0 fully saturated rings. The summed E-state index contributed by atoms with van der Waals surface area (Å²) in [5.74, 6) is 1.82. The van der Waals surface area contributed by atoms with Gasteiger partial charge in [0, 0.05) is 5.92 Å². The van der Waals surface area contributed by atoms with Crippen LogP contribution in [0, 0.1) is 5.92 Å². The fraction of sp³-hybridized carbons (Fsp3) is 0.444. The van der Waals surface area contributed by atoms with Gasteiger partial charge in [-0.05, 0) is 35.0 Å². The van der Waals surface area contributed by atoms with Gasteiger partial charge < -0.3 is 0 Å². The van der Waals surface area contributed by atoms with Gasteiger partial charge in [0.15, 0.2) is 0 Å². The minimum atomic E-state index is 0.509. The Morgan fingerprint density at radius 3 is 2.11 bits per heavy atom. The van der Waals surface area contributed by atoms with E-state index in [2.05, 4.69) is 70.2 Å². The molecule has 2 unspecified atom stereocenters. The molecule has 0 spiro atoms. The summed E-state index contributed by atoms with van der Waals surface area (Å²) in [5, 5.41) is 0. The molecular weight excluding hydrogens is 216 g/mol. The summed E-state index contributed by atoms with van der Waals surface area (Å²) in [6.07, 6.45) is 8.20. The monoisotopic (exact) mass is 240 g/mol. The Labute approximate surface area is 111 Å². The lowest BCUT2D eigenvalue weighted by Crippen LogP contribution is -2.02. The smallest absolute Gasteiger partial charge is 0.00577 e. The fourth-order valence-electron chi connectivity index (χ4n) is 2.43. The summed E-state index contributed by atoms with van der Waals surface area (Å²) < 4.78 is 0. The quantitative estimate of drug-likeness (QED) is 0.660. The molecule has 0 aliphatic heterocycles. The van der Waals surface area contributed by atoms with Gasteiger partial charge in [-0.15, -0.1) is 0 Å². The van der Waals surface area contributed by atoms with Crippen molar-refractivity contribution in [3.63, 3.8) is 0 Å². The molecule has 0 heterocycles. The summed E-state index contributed by atoms with van der Waals surface area (Å²) >= 11 is 0. The number of rotatable bonds is 3. The van der Waals surface area contributed by atoms with E-state index < -0.39 is 0 Å². The van der Waals surface area contributed by atoms with Gasteiger partial charge in [-0.2, -0.15) is 0 Å². The van der Waals surface area contributed by atoms with E-state index in [9.17, 15) is 0 Å². The first-order chi connectivity index (χ1) is 8.58. The van der Waals surface area contributed by atoms with E-state index in [0.29, 0.717) is 17.8 Å². The number of benzene rings is 1. The second-order valence-corrected chi connectivity index (χ2v) is 5.82. The van der Waals surface area contributed by atoms with Crippen molar-refractivity contribution in [1.82, 2.24) is 0 Å². The predicted molar refractivity (Wildman–Crippen MR) is 80.0 cm³/mol. The molecule has 0 amide bonds. The molecule has 0 N–H and O–H groups in total. The maximum Gasteiger partial charge on any atom is 0.00577 e. The third-order valence-corrected chi connectivity index (χ3v) is 3.95. The molecule has 0 nitrogen and oxygen atoms in total. The van der Waals surface area contributed by atoms with Crippen LogP contribution >= 0.6 is 0 Å². The summed E-state index contributed by atoms with van der Waals surface area (Å²) in [6.45, 7) is 9.06. The van der Waals surface area contributed by atoms with Crippen molar-refractivity contribution in [1.29, 1.82) is 0 Å². The maximum absolute atomic E-state index is 2.39. The number of hydrogen-bond acceptors (Lipinski definition) is 0. The average molecular weight is 240 g/mol. The van der Waals surface area contributed by atoms with Crippen molar-refractivity contribution in [3.05, 3.63) is 59.2 Å². The molecular formula is C18H24. The number of hydrogen-bond donors (Lipinski definition) is 0. The molecule has 1 aromatic carbocycles. The average Bonchev–Trinajstić information content (AvgIpc) is 2.39. The van der Waals surface area contributed by atoms with E-state index in [-0.39, 0.29) is 0 Å². The molecule has 18 heavy (non-hydrogen) atoms. The van der Waals surface area contributed by atoms with E-state index in [4.69, 9.17) is 0 Å². The first kappa shape index (κ1) is 13.1. The van der Waals surface area contributed by atoms with Gasteiger partial charge >= 0.3 is 0 Å². The molecule has 0 bridgehead atoms. The van der Waals surface area contributed by atoms with Crippen LogP contribution in [0.2, 0.25) is 0 Å². The van der Waals surface area contributed by atoms with E-state index in [1.165, 1.54) is 23.1 Å². The van der Waals surface area contributed by atoms with Crippen LogP contribution in [0.25, 0.3) is 0 Å². The van der Waals surface area contributed by atoms with E-state index in [1.54, 1.807) is 0 Å². The van der Waals surface area contributed by atoms with Gasteiger partial charge in [-0.3, -0.25) is 0 Å². The topological polar surface area (TPSA) is 0 Å². The fourth-order valence-corrected chi connectivity index (χ4v) is 2.43. The van der Waals surface area contributed by atoms with Crippen LogP contribution in [0.1, 0.15) is 57.1 Å². The SMILES string of the molecule is CC1C=CC(C(C)c2ccc(C(C)C)cc2)=CC1. The lowest BCUT2D eigenvalue weighted by Gasteiger charge is -2.19. The van der Waals surface area contributed by atoms with Crippen LogP contribution in [0.15, 0.2) is 48.1 Å². The Hall–Kier alpha value is -1.30. The molecule has 0 saturated carbocycles. The van der Waals surface area contributed by atoms with Crippen LogP contribution in [0.5, 0.6) is 0 Å². The van der Waals surface area contributed by atoms with Crippen LogP contribution in [0.4, 0.5) is 0 Å². The van der Waals surface area contributed by atoms with E-state index in [0.717, 1.165) is 0 Å². The Morgan fingerprint density at radius 2 is 1.61 bits per heavy atom. The van der Waals surface area contributed by atoms with Gasteiger partial charge in [0.05, 0.1) is 0 Å². The summed E-state index contributed by atoms with van der Waals surface area (Å²) in [6, 6.07) is 9.11. The minimum absolute atomic E-state index is 0.509. The Kier molecular flexibility index (Phi) is 4.06. The highest BCUT2D eigenvalue weighted by Crippen LogP contribution is 2.29. The third-order valence-electron chi connectivity index (χ3n) is 3.95. The zero-order chi connectivity index (χ0) is 13.1. The van der Waals surface area contributed by atoms with Crippen molar-refractivity contribution >= 4 is 0 Å². The van der Waals surface area contributed by atoms with E-state index in [1.807, 2.05) is 0 Å². The van der Waals surface area contributed by atoms with Crippen molar-refractivity contribution < 1.29 is 0 Å². The van der Waals surface area contributed by atoms with Gasteiger partial charge in [0.1, 0.15) is 0 Å². The van der Waals surface area contributed by atoms with Crippen LogP contribution in [-0.4, -0.2) is 0 Å². The Balaban J connectivity index is 2.14. The van der Waals surface area contributed by atoms with Crippen LogP contribution < -0.4 is 0 Å². The van der Waals surface area contributed by atoms with Crippen molar-refractivity contribution in [2.75, 3.05) is 0 Å². The molecule has 0 heteroatoms. The maximum atomic E-state index is 2.39. The van der Waals surface area contributed by atoms with Gasteiger partial charge in [0.25, 0.3) is 0 Å². The standard InChI is InChI=1S/C18H24/c1-13(2)16-9-11-18(12-10-16)15(4)17-7-5-14(3)6-8-17/h5,7-15H,6H2,1-4H3. The summed E-state index contributed by atoms with van der Waals surface area (Å²) in [4.78, 5) is 0. The van der Waals surface area contributed by atoms with E-state index >= 15 is 0 Å². The van der Waals surface area contributed by atoms with Crippen molar-refractivity contribution in [3.8, 4) is 0 Å². The molecule has 1 aromatic rings. The molecule has 1 aliphatic carbocycles. The highest BCUT2D eigenvalue weighted by molar-refractivity contribution is 5.37. The highest BCUT2D eigenvalue weighted by Gasteiger charge is 2.12. The van der Waals surface area contributed by atoms with Crippen molar-refractivity contribution in [2.24, 2.45) is 5.92 Å². The normalized spacial score (nSPS) is 20.9. The van der Waals surface area contributed by atoms with Gasteiger partial charge in [0.2, 0.25) is 0 Å². The molecule has 0 saturated heterocycles. The first-order valence-corrected chi connectivity index (χ1v) is 7.06. The van der Waals surface area contributed by atoms with Crippen molar-refractivity contribution in [2.45, 2.75) is 46.0 Å². The Bertz CT molecular complexity index is 445. The van der Waals surface area contributed by atoms with Gasteiger partial charge in [-0.25, -0.2) is 0 Å². The molecule has 0 radical (unpaired) electrons. The van der Waals surface area contributed by atoms with Crippen LogP contribution in [0.3, 0.4) is 0 Å². The summed E-state index contributed by atoms with van der Waals surface area (Å²) in [7, 11) is 0. The minimum Gasteiger partial charge on any atom is -0.0811 e. The molecule has 2 rings (SSSR count). The highest BCUT2D eigenvalue weighted by atomic mass is 14.2. The lowest BCUT2D eigenvalue weighted by molar-refractivity contribution is 0.718. The Morgan fingerprint density at radius 1 is 1.00 bits per heavy atom. The second-order valence-electron chi connectivity index (χ2n) is 5.82. The molecule has 1 aliphatic rings. The predicted octanol–water partition coefficient (Wildman–Crippen LogP) is 5.44. The lowest BCUT2D eigenvalue weighted by atomic mass is 9.86.